The van der Waals surface area contributed by atoms with E-state index >= 15 is 0 Å². The zero-order valence-corrected chi connectivity index (χ0v) is 27.1. The molecule has 3 saturated carbocycles. The second-order valence-corrected chi connectivity index (χ2v) is 12.5. The third-order valence-corrected chi connectivity index (χ3v) is 7.46. The maximum absolute atomic E-state index is 13.2. The number of carbonyl (C=O) groups excluding carboxylic acids is 1. The maximum Gasteiger partial charge on any atom is 0.389 e. The van der Waals surface area contributed by atoms with Crippen molar-refractivity contribution < 1.29 is 31.1 Å². The first-order chi connectivity index (χ1) is 22.2. The molecule has 0 atom stereocenters. The van der Waals surface area contributed by atoms with Crippen LogP contribution in [0.5, 0.6) is 0 Å². The van der Waals surface area contributed by atoms with Crippen LogP contribution in [0.2, 0.25) is 0 Å². The summed E-state index contributed by atoms with van der Waals surface area (Å²) >= 11 is 0. The molecule has 0 bridgehead atoms. The van der Waals surface area contributed by atoms with Gasteiger partial charge in [0, 0.05) is 32.4 Å². The molecule has 3 aliphatic carbocycles. The number of hydrogen-bond donors (Lipinski definition) is 2. The van der Waals surface area contributed by atoms with E-state index in [2.05, 4.69) is 37.5 Å². The first kappa shape index (κ1) is 38.0. The van der Waals surface area contributed by atoms with Crippen molar-refractivity contribution in [1.29, 1.82) is 0 Å². The molecule has 47 heavy (non-hydrogen) atoms. The first-order valence-electron chi connectivity index (χ1n) is 16.1. The molecule has 9 nitrogen and oxygen atoms in total. The molecule has 3 aliphatic rings. The second kappa shape index (κ2) is 17.6. The highest BCUT2D eigenvalue weighted by Crippen LogP contribution is 2.41. The van der Waals surface area contributed by atoms with Gasteiger partial charge in [-0.05, 0) is 63.3 Å². The molecule has 262 valence electrons. The number of halogens is 6. The summed E-state index contributed by atoms with van der Waals surface area (Å²) in [4.78, 5) is 17.3. The van der Waals surface area contributed by atoms with Crippen LogP contribution in [0.4, 0.5) is 26.3 Å². The molecular weight excluding hydrogens is 626 g/mol. The van der Waals surface area contributed by atoms with E-state index in [-0.39, 0.29) is 19.4 Å². The van der Waals surface area contributed by atoms with Crippen molar-refractivity contribution >= 4 is 17.6 Å². The Labute approximate surface area is 271 Å². The van der Waals surface area contributed by atoms with Gasteiger partial charge in [-0.15, -0.1) is 0 Å². The van der Waals surface area contributed by atoms with Crippen LogP contribution in [0.25, 0.3) is 11.7 Å². The summed E-state index contributed by atoms with van der Waals surface area (Å²) in [6.45, 7) is 6.69. The zero-order valence-electron chi connectivity index (χ0n) is 27.1. The van der Waals surface area contributed by atoms with Gasteiger partial charge in [0.15, 0.2) is 5.65 Å². The molecule has 0 radical (unpaired) electrons. The minimum atomic E-state index is -4.32. The fraction of sp³-hybridized carbons (Fsp3) is 0.656. The lowest BCUT2D eigenvalue weighted by Gasteiger charge is -2.38. The molecule has 6 rings (SSSR count). The number of alkyl halides is 6. The van der Waals surface area contributed by atoms with Gasteiger partial charge in [0.05, 0.1) is 37.3 Å². The quantitative estimate of drug-likeness (QED) is 0.233. The largest absolute Gasteiger partial charge is 0.389 e. The molecule has 3 heterocycles. The fourth-order valence-corrected chi connectivity index (χ4v) is 4.94. The van der Waals surface area contributed by atoms with Gasteiger partial charge in [-0.2, -0.15) is 33.3 Å². The second-order valence-electron chi connectivity index (χ2n) is 12.5. The molecule has 3 aromatic heterocycles. The topological polar surface area (TPSA) is 102 Å². The van der Waals surface area contributed by atoms with E-state index in [1.54, 1.807) is 54.0 Å². The molecule has 3 fully saturated rings. The summed E-state index contributed by atoms with van der Waals surface area (Å²) in [6, 6.07) is 1.73. The summed E-state index contributed by atoms with van der Waals surface area (Å²) in [6.07, 6.45) is 9.03. The summed E-state index contributed by atoms with van der Waals surface area (Å²) in [7, 11) is 1.80. The van der Waals surface area contributed by atoms with Crippen LogP contribution in [0.15, 0.2) is 31.2 Å². The molecule has 0 spiro atoms. The number of carbonyl (C=O) groups is 1. The van der Waals surface area contributed by atoms with E-state index in [0.717, 1.165) is 17.8 Å². The van der Waals surface area contributed by atoms with Crippen molar-refractivity contribution in [3.05, 3.63) is 48.2 Å². The number of hydrogen-bond acceptors (Lipinski definition) is 6. The highest BCUT2D eigenvalue weighted by molar-refractivity contribution is 5.75. The molecule has 15 heteroatoms. The predicted octanol–water partition coefficient (Wildman–Crippen LogP) is 7.22. The Morgan fingerprint density at radius 3 is 2.21 bits per heavy atom. The lowest BCUT2D eigenvalue weighted by atomic mass is 9.74. The van der Waals surface area contributed by atoms with E-state index in [1.165, 1.54) is 19.3 Å². The monoisotopic (exact) mass is 672 g/mol. The van der Waals surface area contributed by atoms with Gasteiger partial charge in [0.1, 0.15) is 11.4 Å². The normalized spacial score (nSPS) is 21.1. The Kier molecular flexibility index (Phi) is 14.2. The maximum atomic E-state index is 13.2. The van der Waals surface area contributed by atoms with Gasteiger partial charge < -0.3 is 10.6 Å². The zero-order chi connectivity index (χ0) is 34.5. The number of rotatable bonds is 9. The number of amides is 1. The highest BCUT2D eigenvalue weighted by atomic mass is 19.4. The van der Waals surface area contributed by atoms with Gasteiger partial charge in [-0.25, -0.2) is 22.7 Å². The van der Waals surface area contributed by atoms with E-state index < -0.39 is 36.5 Å². The van der Waals surface area contributed by atoms with Crippen molar-refractivity contribution in [1.82, 2.24) is 40.2 Å². The van der Waals surface area contributed by atoms with Crippen LogP contribution in [0.3, 0.4) is 0 Å². The third-order valence-electron chi connectivity index (χ3n) is 7.46. The molecular formula is C32H46F6N8O. The average molecular weight is 673 g/mol. The van der Waals surface area contributed by atoms with E-state index in [0.29, 0.717) is 55.9 Å². The SMILES string of the molecule is C1CC1.C=Cc1cnn(CC2CC(C)(F)C2)n1.CNCc1cn2ncc(CNC(=O)CCC(F)(F)F)cc2n1.FC1(F)CCCCC1. The lowest BCUT2D eigenvalue weighted by Crippen LogP contribution is -2.39. The number of nitrogens with one attached hydrogen (secondary N) is 2. The van der Waals surface area contributed by atoms with Crippen LogP contribution < -0.4 is 10.6 Å². The average Bonchev–Trinajstić information content (AvgIpc) is 3.71. The Balaban J connectivity index is 0.000000202. The Morgan fingerprint density at radius 1 is 1.04 bits per heavy atom. The van der Waals surface area contributed by atoms with Crippen molar-refractivity contribution in [2.75, 3.05) is 7.05 Å². The highest BCUT2D eigenvalue weighted by Gasteiger charge is 2.40. The first-order valence-corrected chi connectivity index (χ1v) is 16.1. The lowest BCUT2D eigenvalue weighted by molar-refractivity contribution is -0.144. The van der Waals surface area contributed by atoms with Gasteiger partial charge in [0.2, 0.25) is 11.8 Å². The molecule has 0 aromatic carbocycles. The molecule has 0 saturated heterocycles. The van der Waals surface area contributed by atoms with Gasteiger partial charge in [-0.1, -0.05) is 32.3 Å². The molecule has 0 aliphatic heterocycles. The summed E-state index contributed by atoms with van der Waals surface area (Å²) in [5.41, 5.74) is 1.93. The minimum absolute atomic E-state index is 0.118. The summed E-state index contributed by atoms with van der Waals surface area (Å²) in [5.74, 6) is -2.58. The van der Waals surface area contributed by atoms with Crippen LogP contribution in [-0.2, 0) is 24.4 Å². The molecule has 0 unspecified atom stereocenters. The van der Waals surface area contributed by atoms with Crippen LogP contribution in [-0.4, -0.2) is 60.3 Å². The van der Waals surface area contributed by atoms with Gasteiger partial charge >= 0.3 is 6.18 Å². The van der Waals surface area contributed by atoms with Crippen molar-refractivity contribution in [2.45, 2.75) is 121 Å². The van der Waals surface area contributed by atoms with E-state index in [4.69, 9.17) is 0 Å². The third kappa shape index (κ3) is 15.3. The van der Waals surface area contributed by atoms with Crippen LogP contribution in [0, 0.1) is 5.92 Å². The molecule has 1 amide bonds. The fourth-order valence-electron chi connectivity index (χ4n) is 4.94. The minimum Gasteiger partial charge on any atom is -0.352 e. The Morgan fingerprint density at radius 2 is 1.70 bits per heavy atom. The Hall–Kier alpha value is -3.49. The van der Waals surface area contributed by atoms with E-state index in [1.807, 2.05) is 0 Å². The van der Waals surface area contributed by atoms with Crippen molar-refractivity contribution in [2.24, 2.45) is 5.92 Å². The van der Waals surface area contributed by atoms with Crippen LogP contribution >= 0.6 is 0 Å². The molecule has 3 aromatic rings. The smallest absolute Gasteiger partial charge is 0.352 e. The summed E-state index contributed by atoms with van der Waals surface area (Å²) in [5, 5.41) is 17.8. The number of nitrogens with zero attached hydrogens (tertiary/aromatic N) is 6. The van der Waals surface area contributed by atoms with Gasteiger partial charge in [-0.3, -0.25) is 4.79 Å². The number of imidazole rings is 1. The van der Waals surface area contributed by atoms with Gasteiger partial charge in [0.25, 0.3) is 0 Å². The Bertz CT molecular complexity index is 1380. The standard InChI is InChI=1S/C13H16F3N5O.C10H14FN3.C6H10F2.C3H6/c1-17-7-10-8-21-11(20-10)4-9(6-19-21)5-18-12(22)2-3-13(14,15)16;1-3-9-6-12-14(13-9)7-8-4-10(2,11)5-8;7-6(8)4-2-1-3-5-6;1-2-3-1/h4,6,8,17H,2-3,5,7H2,1H3,(H,18,22);3,6,8H,1,4-5,7H2,2H3;1-5H2;1-3H2. The predicted molar refractivity (Wildman–Crippen MR) is 167 cm³/mol. The van der Waals surface area contributed by atoms with Crippen molar-refractivity contribution in [3.63, 3.8) is 0 Å². The number of fused-ring (bicyclic) bond motifs is 1. The van der Waals surface area contributed by atoms with Crippen molar-refractivity contribution in [3.8, 4) is 0 Å². The van der Waals surface area contributed by atoms with E-state index in [9.17, 15) is 31.1 Å². The number of aromatic nitrogens is 6. The summed E-state index contributed by atoms with van der Waals surface area (Å²) < 4.78 is 75.2. The van der Waals surface area contributed by atoms with Crippen LogP contribution in [0.1, 0.15) is 101 Å². The molecule has 2 N–H and O–H groups in total.